The van der Waals surface area contributed by atoms with Crippen molar-refractivity contribution in [1.82, 2.24) is 0 Å². The summed E-state index contributed by atoms with van der Waals surface area (Å²) in [4.78, 5) is 21.8. The van der Waals surface area contributed by atoms with E-state index in [0.29, 0.717) is 11.1 Å². The molecule has 1 N–H and O–H groups in total. The summed E-state index contributed by atoms with van der Waals surface area (Å²) >= 11 is 0. The second kappa shape index (κ2) is 6.54. The molecule has 0 amide bonds. The standard InChI is InChI=1S/C13H13FO4/c1-2-18-13(17)6-4-9-7-11(14)5-3-10(9)8-12(15)16/h3-7H,2,8H2,1H3,(H,15,16). The molecule has 5 heteroatoms. The van der Waals surface area contributed by atoms with Crippen LogP contribution in [0.3, 0.4) is 0 Å². The molecule has 96 valence electrons. The van der Waals surface area contributed by atoms with E-state index in [-0.39, 0.29) is 13.0 Å². The molecule has 0 unspecified atom stereocenters. The lowest BCUT2D eigenvalue weighted by Crippen LogP contribution is -2.03. The van der Waals surface area contributed by atoms with Crippen LogP contribution in [0.15, 0.2) is 24.3 Å². The van der Waals surface area contributed by atoms with Gasteiger partial charge in [0.2, 0.25) is 0 Å². The smallest absolute Gasteiger partial charge is 0.330 e. The van der Waals surface area contributed by atoms with Crippen molar-refractivity contribution in [3.8, 4) is 0 Å². The summed E-state index contributed by atoms with van der Waals surface area (Å²) in [7, 11) is 0. The highest BCUT2D eigenvalue weighted by atomic mass is 19.1. The van der Waals surface area contributed by atoms with E-state index in [4.69, 9.17) is 5.11 Å². The molecule has 0 saturated heterocycles. The quantitative estimate of drug-likeness (QED) is 0.643. The van der Waals surface area contributed by atoms with Crippen molar-refractivity contribution < 1.29 is 23.8 Å². The Labute approximate surface area is 104 Å². The lowest BCUT2D eigenvalue weighted by Gasteiger charge is -2.03. The molecule has 0 atom stereocenters. The Morgan fingerprint density at radius 1 is 1.44 bits per heavy atom. The molecule has 1 aromatic carbocycles. The Hall–Kier alpha value is -2.17. The molecule has 4 nitrogen and oxygen atoms in total. The number of carboxylic acids is 1. The van der Waals surface area contributed by atoms with E-state index >= 15 is 0 Å². The maximum absolute atomic E-state index is 13.1. The Balaban J connectivity index is 2.94. The summed E-state index contributed by atoms with van der Waals surface area (Å²) in [5, 5.41) is 8.71. The number of carboxylic acid groups (broad SMARTS) is 1. The van der Waals surface area contributed by atoms with Crippen molar-refractivity contribution >= 4 is 18.0 Å². The third-order valence-electron chi connectivity index (χ3n) is 2.14. The number of carbonyl (C=O) groups excluding carboxylic acids is 1. The van der Waals surface area contributed by atoms with E-state index in [1.54, 1.807) is 6.92 Å². The van der Waals surface area contributed by atoms with Crippen LogP contribution in [0.4, 0.5) is 4.39 Å². The minimum atomic E-state index is -1.02. The molecule has 1 aromatic rings. The van der Waals surface area contributed by atoms with Gasteiger partial charge in [0, 0.05) is 6.08 Å². The molecule has 0 aliphatic heterocycles. The third kappa shape index (κ3) is 4.37. The molecule has 0 radical (unpaired) electrons. The molecule has 0 spiro atoms. The van der Waals surface area contributed by atoms with Gasteiger partial charge in [-0.2, -0.15) is 0 Å². The van der Waals surface area contributed by atoms with Gasteiger partial charge in [-0.15, -0.1) is 0 Å². The molecule has 0 saturated carbocycles. The molecule has 0 aromatic heterocycles. The maximum Gasteiger partial charge on any atom is 0.330 e. The minimum absolute atomic E-state index is 0.233. The average molecular weight is 252 g/mol. The van der Waals surface area contributed by atoms with E-state index in [9.17, 15) is 14.0 Å². The number of hydrogen-bond donors (Lipinski definition) is 1. The topological polar surface area (TPSA) is 63.6 Å². The fourth-order valence-electron chi connectivity index (χ4n) is 1.39. The van der Waals surface area contributed by atoms with E-state index < -0.39 is 17.8 Å². The molecular weight excluding hydrogens is 239 g/mol. The zero-order valence-corrected chi connectivity index (χ0v) is 9.85. The van der Waals surface area contributed by atoms with Crippen LogP contribution in [0.25, 0.3) is 6.08 Å². The highest BCUT2D eigenvalue weighted by Crippen LogP contribution is 2.14. The second-order valence-corrected chi connectivity index (χ2v) is 3.50. The molecule has 1 rings (SSSR count). The van der Waals surface area contributed by atoms with Gasteiger partial charge in [0.15, 0.2) is 0 Å². The number of ether oxygens (including phenoxy) is 1. The van der Waals surface area contributed by atoms with Gasteiger partial charge in [-0.25, -0.2) is 9.18 Å². The Bertz CT molecular complexity index is 480. The van der Waals surface area contributed by atoms with E-state index in [0.717, 1.165) is 6.08 Å². The van der Waals surface area contributed by atoms with Crippen molar-refractivity contribution in [2.45, 2.75) is 13.3 Å². The minimum Gasteiger partial charge on any atom is -0.481 e. The van der Waals surface area contributed by atoms with Crippen LogP contribution in [-0.4, -0.2) is 23.7 Å². The van der Waals surface area contributed by atoms with Gasteiger partial charge in [0.1, 0.15) is 5.82 Å². The lowest BCUT2D eigenvalue weighted by atomic mass is 10.0. The molecule has 0 fully saturated rings. The van der Waals surface area contributed by atoms with Crippen molar-refractivity contribution in [2.75, 3.05) is 6.61 Å². The predicted molar refractivity (Wildman–Crippen MR) is 63.4 cm³/mol. The van der Waals surface area contributed by atoms with Crippen molar-refractivity contribution in [1.29, 1.82) is 0 Å². The lowest BCUT2D eigenvalue weighted by molar-refractivity contribution is -0.137. The molecular formula is C13H13FO4. The molecule has 0 heterocycles. The summed E-state index contributed by atoms with van der Waals surface area (Å²) in [6, 6.07) is 3.74. The fraction of sp³-hybridized carbons (Fsp3) is 0.231. The van der Waals surface area contributed by atoms with Gasteiger partial charge in [0.05, 0.1) is 13.0 Å². The normalized spacial score (nSPS) is 10.6. The number of rotatable bonds is 5. The van der Waals surface area contributed by atoms with Crippen LogP contribution in [0.2, 0.25) is 0 Å². The first kappa shape index (κ1) is 13.9. The fourth-order valence-corrected chi connectivity index (χ4v) is 1.39. The van der Waals surface area contributed by atoms with Gasteiger partial charge >= 0.3 is 11.9 Å². The van der Waals surface area contributed by atoms with Gasteiger partial charge < -0.3 is 9.84 Å². The first-order valence-electron chi connectivity index (χ1n) is 5.38. The highest BCUT2D eigenvalue weighted by molar-refractivity contribution is 5.87. The SMILES string of the molecule is CCOC(=O)C=Cc1cc(F)ccc1CC(=O)O. The highest BCUT2D eigenvalue weighted by Gasteiger charge is 2.06. The maximum atomic E-state index is 13.1. The van der Waals surface area contributed by atoms with Crippen LogP contribution in [0.1, 0.15) is 18.1 Å². The Morgan fingerprint density at radius 3 is 2.78 bits per heavy atom. The van der Waals surface area contributed by atoms with Crippen molar-refractivity contribution in [3.63, 3.8) is 0 Å². The Morgan fingerprint density at radius 2 is 2.17 bits per heavy atom. The molecule has 18 heavy (non-hydrogen) atoms. The summed E-state index contributed by atoms with van der Waals surface area (Å²) in [6.07, 6.45) is 2.26. The number of hydrogen-bond acceptors (Lipinski definition) is 3. The van der Waals surface area contributed by atoms with Crippen LogP contribution >= 0.6 is 0 Å². The van der Waals surface area contributed by atoms with E-state index in [1.807, 2.05) is 0 Å². The predicted octanol–water partition coefficient (Wildman–Crippen LogP) is 2.03. The largest absolute Gasteiger partial charge is 0.481 e. The number of carbonyl (C=O) groups is 2. The number of esters is 1. The van der Waals surface area contributed by atoms with Gasteiger partial charge in [-0.1, -0.05) is 6.07 Å². The molecule has 0 aliphatic carbocycles. The van der Waals surface area contributed by atoms with Gasteiger partial charge in [0.25, 0.3) is 0 Å². The first-order valence-corrected chi connectivity index (χ1v) is 5.38. The zero-order valence-electron chi connectivity index (χ0n) is 9.85. The summed E-state index contributed by atoms with van der Waals surface area (Å²) in [5.74, 6) is -2.07. The van der Waals surface area contributed by atoms with Gasteiger partial charge in [-0.05, 0) is 36.3 Å². The summed E-state index contributed by atoms with van der Waals surface area (Å²) in [6.45, 7) is 1.91. The van der Waals surface area contributed by atoms with Crippen LogP contribution in [-0.2, 0) is 20.7 Å². The van der Waals surface area contributed by atoms with Crippen LogP contribution in [0.5, 0.6) is 0 Å². The number of halogens is 1. The molecule has 0 bridgehead atoms. The second-order valence-electron chi connectivity index (χ2n) is 3.50. The van der Waals surface area contributed by atoms with E-state index in [2.05, 4.69) is 4.74 Å². The van der Waals surface area contributed by atoms with Crippen molar-refractivity contribution in [3.05, 3.63) is 41.2 Å². The number of aliphatic carboxylic acids is 1. The zero-order chi connectivity index (χ0) is 13.5. The third-order valence-corrected chi connectivity index (χ3v) is 2.14. The van der Waals surface area contributed by atoms with Crippen LogP contribution < -0.4 is 0 Å². The summed E-state index contributed by atoms with van der Waals surface area (Å²) < 4.78 is 17.7. The first-order chi connectivity index (χ1) is 8.52. The summed E-state index contributed by atoms with van der Waals surface area (Å²) in [5.41, 5.74) is 0.787. The van der Waals surface area contributed by atoms with E-state index in [1.165, 1.54) is 24.3 Å². The van der Waals surface area contributed by atoms with Crippen molar-refractivity contribution in [2.24, 2.45) is 0 Å². The molecule has 0 aliphatic rings. The van der Waals surface area contributed by atoms with Crippen LogP contribution in [0, 0.1) is 5.82 Å². The number of benzene rings is 1. The Kier molecular flexibility index (Phi) is 5.05. The van der Waals surface area contributed by atoms with Gasteiger partial charge in [-0.3, -0.25) is 4.79 Å². The average Bonchev–Trinajstić information content (AvgIpc) is 2.29. The monoisotopic (exact) mass is 252 g/mol.